The van der Waals surface area contributed by atoms with Crippen LogP contribution < -0.4 is 5.73 Å². The van der Waals surface area contributed by atoms with Crippen molar-refractivity contribution in [3.05, 3.63) is 35.4 Å². The van der Waals surface area contributed by atoms with E-state index in [2.05, 4.69) is 6.07 Å². The van der Waals surface area contributed by atoms with E-state index in [0.717, 1.165) is 5.56 Å². The van der Waals surface area contributed by atoms with Gasteiger partial charge in [-0.2, -0.15) is 0 Å². The van der Waals surface area contributed by atoms with Crippen molar-refractivity contribution >= 4 is 5.91 Å². The highest BCUT2D eigenvalue weighted by molar-refractivity contribution is 5.81. The van der Waals surface area contributed by atoms with Gasteiger partial charge in [0.05, 0.1) is 6.04 Å². The molecular formula is C13H20N2O. The fraction of sp³-hybridized carbons (Fsp3) is 0.462. The summed E-state index contributed by atoms with van der Waals surface area (Å²) in [5.74, 6) is 0.00371. The lowest BCUT2D eigenvalue weighted by Gasteiger charge is -2.23. The summed E-state index contributed by atoms with van der Waals surface area (Å²) in [6.45, 7) is 7.07. The molecule has 1 amide bonds. The molecule has 3 nitrogen and oxygen atoms in total. The van der Waals surface area contributed by atoms with Gasteiger partial charge in [0.2, 0.25) is 5.91 Å². The van der Waals surface area contributed by atoms with Gasteiger partial charge in [-0.15, -0.1) is 0 Å². The van der Waals surface area contributed by atoms with Crippen molar-refractivity contribution < 1.29 is 4.79 Å². The zero-order chi connectivity index (χ0) is 12.1. The lowest BCUT2D eigenvalue weighted by molar-refractivity contribution is -0.132. The lowest BCUT2D eigenvalue weighted by Crippen LogP contribution is -2.41. The van der Waals surface area contributed by atoms with Crippen LogP contribution in [0.15, 0.2) is 24.3 Å². The van der Waals surface area contributed by atoms with Crippen LogP contribution in [0.5, 0.6) is 0 Å². The molecule has 0 aromatic heterocycles. The van der Waals surface area contributed by atoms with Gasteiger partial charge >= 0.3 is 0 Å². The number of benzene rings is 1. The number of hydrogen-bond acceptors (Lipinski definition) is 2. The molecule has 0 fully saturated rings. The summed E-state index contributed by atoms with van der Waals surface area (Å²) < 4.78 is 0. The predicted octanol–water partition coefficient (Wildman–Crippen LogP) is 1.69. The van der Waals surface area contributed by atoms with E-state index in [1.807, 2.05) is 32.0 Å². The molecule has 1 rings (SSSR count). The Morgan fingerprint density at radius 3 is 2.69 bits per heavy atom. The minimum Gasteiger partial charge on any atom is -0.337 e. The van der Waals surface area contributed by atoms with E-state index in [4.69, 9.17) is 5.73 Å². The van der Waals surface area contributed by atoms with E-state index in [9.17, 15) is 4.79 Å². The van der Waals surface area contributed by atoms with Gasteiger partial charge in [0.25, 0.3) is 0 Å². The number of rotatable bonds is 4. The summed E-state index contributed by atoms with van der Waals surface area (Å²) in [4.78, 5) is 13.5. The van der Waals surface area contributed by atoms with Gasteiger partial charge in [-0.3, -0.25) is 4.79 Å². The minimum absolute atomic E-state index is 0.00371. The number of nitrogens with zero attached hydrogens (tertiary/aromatic N) is 1. The highest BCUT2D eigenvalue weighted by Gasteiger charge is 2.15. The zero-order valence-electron chi connectivity index (χ0n) is 10.2. The van der Waals surface area contributed by atoms with E-state index in [0.29, 0.717) is 13.1 Å². The molecule has 0 heterocycles. The largest absolute Gasteiger partial charge is 0.337 e. The molecule has 0 bridgehead atoms. The first kappa shape index (κ1) is 12.7. The molecule has 2 N–H and O–H groups in total. The quantitative estimate of drug-likeness (QED) is 0.839. The molecular weight excluding hydrogens is 200 g/mol. The molecule has 1 unspecified atom stereocenters. The van der Waals surface area contributed by atoms with Crippen molar-refractivity contribution in [1.82, 2.24) is 4.90 Å². The van der Waals surface area contributed by atoms with Crippen molar-refractivity contribution in [3.63, 3.8) is 0 Å². The third-order valence-corrected chi connectivity index (χ3v) is 2.54. The van der Waals surface area contributed by atoms with Crippen LogP contribution in [0.3, 0.4) is 0 Å². The number of hydrogen-bond donors (Lipinski definition) is 1. The van der Waals surface area contributed by atoms with Crippen molar-refractivity contribution in [3.8, 4) is 0 Å². The SMILES string of the molecule is CCN(Cc1cccc(C)c1)C(=O)C(C)N. The summed E-state index contributed by atoms with van der Waals surface area (Å²) in [5, 5.41) is 0. The number of amides is 1. The Morgan fingerprint density at radius 1 is 1.50 bits per heavy atom. The van der Waals surface area contributed by atoms with Crippen LogP contribution in [-0.4, -0.2) is 23.4 Å². The minimum atomic E-state index is -0.426. The van der Waals surface area contributed by atoms with Crippen molar-refractivity contribution in [2.45, 2.75) is 33.4 Å². The first-order valence-electron chi connectivity index (χ1n) is 5.64. The topological polar surface area (TPSA) is 46.3 Å². The number of nitrogens with two attached hydrogens (primary N) is 1. The van der Waals surface area contributed by atoms with Gasteiger partial charge in [0.15, 0.2) is 0 Å². The molecule has 1 aromatic carbocycles. The number of aryl methyl sites for hydroxylation is 1. The summed E-state index contributed by atoms with van der Waals surface area (Å²) in [5.41, 5.74) is 7.96. The summed E-state index contributed by atoms with van der Waals surface area (Å²) in [6.07, 6.45) is 0. The first-order chi connectivity index (χ1) is 7.54. The molecule has 1 aromatic rings. The third kappa shape index (κ3) is 3.35. The van der Waals surface area contributed by atoms with Gasteiger partial charge in [-0.25, -0.2) is 0 Å². The second-order valence-electron chi connectivity index (χ2n) is 4.13. The Kier molecular flexibility index (Phi) is 4.50. The number of likely N-dealkylation sites (N-methyl/N-ethyl adjacent to an activating group) is 1. The van der Waals surface area contributed by atoms with Crippen molar-refractivity contribution in [1.29, 1.82) is 0 Å². The molecule has 1 atom stereocenters. The van der Waals surface area contributed by atoms with E-state index >= 15 is 0 Å². The highest BCUT2D eigenvalue weighted by atomic mass is 16.2. The molecule has 0 aliphatic rings. The maximum Gasteiger partial charge on any atom is 0.239 e. The number of carbonyl (C=O) groups is 1. The van der Waals surface area contributed by atoms with Crippen LogP contribution in [0.2, 0.25) is 0 Å². The summed E-state index contributed by atoms with van der Waals surface area (Å²) in [7, 11) is 0. The Morgan fingerprint density at radius 2 is 2.19 bits per heavy atom. The van der Waals surface area contributed by atoms with Crippen LogP contribution in [0.25, 0.3) is 0 Å². The Hall–Kier alpha value is -1.35. The van der Waals surface area contributed by atoms with Gasteiger partial charge in [-0.05, 0) is 26.3 Å². The predicted molar refractivity (Wildman–Crippen MR) is 65.9 cm³/mol. The Bertz CT molecular complexity index is 361. The lowest BCUT2D eigenvalue weighted by atomic mass is 10.1. The average Bonchev–Trinajstić information content (AvgIpc) is 2.25. The fourth-order valence-corrected chi connectivity index (χ4v) is 1.66. The molecule has 0 saturated heterocycles. The second-order valence-corrected chi connectivity index (χ2v) is 4.13. The normalized spacial score (nSPS) is 12.2. The maximum absolute atomic E-state index is 11.8. The van der Waals surface area contributed by atoms with Gasteiger partial charge in [0, 0.05) is 13.1 Å². The van der Waals surface area contributed by atoms with Crippen LogP contribution >= 0.6 is 0 Å². The fourth-order valence-electron chi connectivity index (χ4n) is 1.66. The number of carbonyl (C=O) groups excluding carboxylic acids is 1. The zero-order valence-corrected chi connectivity index (χ0v) is 10.2. The van der Waals surface area contributed by atoms with Crippen LogP contribution in [-0.2, 0) is 11.3 Å². The van der Waals surface area contributed by atoms with E-state index in [1.54, 1.807) is 11.8 Å². The Balaban J connectivity index is 2.74. The van der Waals surface area contributed by atoms with E-state index < -0.39 is 6.04 Å². The van der Waals surface area contributed by atoms with Crippen molar-refractivity contribution in [2.24, 2.45) is 5.73 Å². The molecule has 0 aliphatic carbocycles. The average molecular weight is 220 g/mol. The Labute approximate surface area is 97.2 Å². The van der Waals surface area contributed by atoms with Gasteiger partial charge in [-0.1, -0.05) is 29.8 Å². The van der Waals surface area contributed by atoms with Crippen LogP contribution in [0.4, 0.5) is 0 Å². The summed E-state index contributed by atoms with van der Waals surface area (Å²) >= 11 is 0. The third-order valence-electron chi connectivity index (χ3n) is 2.54. The molecule has 0 radical (unpaired) electrons. The van der Waals surface area contributed by atoms with E-state index in [1.165, 1.54) is 5.56 Å². The molecule has 0 spiro atoms. The van der Waals surface area contributed by atoms with Crippen molar-refractivity contribution in [2.75, 3.05) is 6.54 Å². The van der Waals surface area contributed by atoms with Crippen LogP contribution in [0.1, 0.15) is 25.0 Å². The maximum atomic E-state index is 11.8. The standard InChI is InChI=1S/C13H20N2O/c1-4-15(13(16)11(3)14)9-12-7-5-6-10(2)8-12/h5-8,11H,4,9,14H2,1-3H3. The molecule has 0 saturated carbocycles. The van der Waals surface area contributed by atoms with Gasteiger partial charge < -0.3 is 10.6 Å². The summed E-state index contributed by atoms with van der Waals surface area (Å²) in [6, 6.07) is 7.76. The highest BCUT2D eigenvalue weighted by Crippen LogP contribution is 2.08. The molecule has 88 valence electrons. The molecule has 0 aliphatic heterocycles. The smallest absolute Gasteiger partial charge is 0.239 e. The van der Waals surface area contributed by atoms with Crippen LogP contribution in [0, 0.1) is 6.92 Å². The first-order valence-corrected chi connectivity index (χ1v) is 5.64. The van der Waals surface area contributed by atoms with E-state index in [-0.39, 0.29) is 5.91 Å². The monoisotopic (exact) mass is 220 g/mol. The second kappa shape index (κ2) is 5.66. The molecule has 16 heavy (non-hydrogen) atoms. The van der Waals surface area contributed by atoms with Gasteiger partial charge in [0.1, 0.15) is 0 Å². The molecule has 3 heteroatoms.